The number of aryl methyl sites for hydroxylation is 1. The maximum absolute atomic E-state index is 8.88. The molecule has 0 unspecified atom stereocenters. The van der Waals surface area contributed by atoms with Gasteiger partial charge < -0.3 is 10.5 Å². The van der Waals surface area contributed by atoms with Gasteiger partial charge in [-0.25, -0.2) is 0 Å². The molecule has 3 nitrogen and oxygen atoms in total. The minimum absolute atomic E-state index is 0.483. The molecule has 0 amide bonds. The van der Waals surface area contributed by atoms with Gasteiger partial charge in [0.25, 0.3) is 0 Å². The van der Waals surface area contributed by atoms with Gasteiger partial charge in [-0.1, -0.05) is 22.0 Å². The van der Waals surface area contributed by atoms with Gasteiger partial charge in [0.15, 0.2) is 0 Å². The van der Waals surface area contributed by atoms with Crippen LogP contribution in [0.5, 0.6) is 5.75 Å². The van der Waals surface area contributed by atoms with Crippen LogP contribution in [-0.2, 0) is 13.0 Å². The van der Waals surface area contributed by atoms with Crippen LogP contribution in [0.25, 0.3) is 0 Å². The maximum atomic E-state index is 8.88. The van der Waals surface area contributed by atoms with Crippen molar-refractivity contribution >= 4 is 15.9 Å². The first-order valence-electron chi connectivity index (χ1n) is 6.75. The second-order valence-electron chi connectivity index (χ2n) is 4.83. The van der Waals surface area contributed by atoms with Crippen molar-refractivity contribution in [2.24, 2.45) is 5.73 Å². The molecule has 0 radical (unpaired) electrons. The monoisotopic (exact) mass is 344 g/mol. The molecule has 0 spiro atoms. The number of halogens is 1. The second kappa shape index (κ2) is 7.26. The number of rotatable bonds is 5. The van der Waals surface area contributed by atoms with Crippen molar-refractivity contribution in [3.05, 3.63) is 63.1 Å². The number of nitrogens with zero attached hydrogens (tertiary/aromatic N) is 1. The quantitative estimate of drug-likeness (QED) is 0.899. The van der Waals surface area contributed by atoms with E-state index in [1.165, 1.54) is 0 Å². The molecule has 0 heterocycles. The lowest BCUT2D eigenvalue weighted by molar-refractivity contribution is 0.302. The second-order valence-corrected chi connectivity index (χ2v) is 5.75. The third-order valence-electron chi connectivity index (χ3n) is 3.29. The first-order valence-corrected chi connectivity index (χ1v) is 7.54. The van der Waals surface area contributed by atoms with Gasteiger partial charge in [0.2, 0.25) is 0 Å². The number of hydrogen-bond donors (Lipinski definition) is 1. The van der Waals surface area contributed by atoms with E-state index in [9.17, 15) is 0 Å². The third-order valence-corrected chi connectivity index (χ3v) is 3.78. The summed E-state index contributed by atoms with van der Waals surface area (Å²) in [4.78, 5) is 0. The molecule has 0 fully saturated rings. The molecular weight excluding hydrogens is 328 g/mol. The smallest absolute Gasteiger partial charge is 0.123 e. The number of benzene rings is 2. The van der Waals surface area contributed by atoms with Crippen molar-refractivity contribution < 1.29 is 4.74 Å². The fraction of sp³-hybridized carbons (Fsp3) is 0.235. The summed E-state index contributed by atoms with van der Waals surface area (Å²) in [5.41, 5.74) is 9.55. The van der Waals surface area contributed by atoms with Gasteiger partial charge >= 0.3 is 0 Å². The van der Waals surface area contributed by atoms with Crippen LogP contribution >= 0.6 is 15.9 Å². The predicted molar refractivity (Wildman–Crippen MR) is 87.1 cm³/mol. The van der Waals surface area contributed by atoms with Crippen LogP contribution in [0.2, 0.25) is 0 Å². The van der Waals surface area contributed by atoms with Crippen LogP contribution in [0.15, 0.2) is 40.9 Å². The average molecular weight is 345 g/mol. The largest absolute Gasteiger partial charge is 0.489 e. The Bertz CT molecular complexity index is 677. The molecule has 2 aromatic rings. The first kappa shape index (κ1) is 15.6. The lowest BCUT2D eigenvalue weighted by atomic mass is 10.1. The van der Waals surface area contributed by atoms with Crippen LogP contribution < -0.4 is 10.5 Å². The molecule has 0 bridgehead atoms. The zero-order chi connectivity index (χ0) is 15.2. The van der Waals surface area contributed by atoms with Crippen LogP contribution in [-0.4, -0.2) is 6.54 Å². The molecule has 0 aliphatic heterocycles. The highest BCUT2D eigenvalue weighted by atomic mass is 79.9. The Balaban J connectivity index is 2.15. The Labute approximate surface area is 133 Å². The third kappa shape index (κ3) is 4.07. The normalized spacial score (nSPS) is 10.2. The Morgan fingerprint density at radius 3 is 2.67 bits per heavy atom. The summed E-state index contributed by atoms with van der Waals surface area (Å²) in [7, 11) is 0. The summed E-state index contributed by atoms with van der Waals surface area (Å²) in [5.74, 6) is 0.854. The molecule has 2 rings (SSSR count). The number of ether oxygens (including phenoxy) is 1. The van der Waals surface area contributed by atoms with E-state index in [0.717, 1.165) is 33.3 Å². The zero-order valence-electron chi connectivity index (χ0n) is 11.9. The van der Waals surface area contributed by atoms with Gasteiger partial charge in [-0.3, -0.25) is 0 Å². The van der Waals surface area contributed by atoms with Crippen molar-refractivity contribution in [2.45, 2.75) is 20.0 Å². The van der Waals surface area contributed by atoms with E-state index in [0.29, 0.717) is 18.7 Å². The van der Waals surface area contributed by atoms with E-state index in [2.05, 4.69) is 22.0 Å². The lowest BCUT2D eigenvalue weighted by Gasteiger charge is -2.13. The van der Waals surface area contributed by atoms with Gasteiger partial charge in [0.05, 0.1) is 11.6 Å². The molecule has 21 heavy (non-hydrogen) atoms. The van der Waals surface area contributed by atoms with E-state index < -0.39 is 0 Å². The average Bonchev–Trinajstić information content (AvgIpc) is 2.48. The molecule has 4 heteroatoms. The van der Waals surface area contributed by atoms with Crippen LogP contribution in [0.3, 0.4) is 0 Å². The number of nitrogens with two attached hydrogens (primary N) is 1. The van der Waals surface area contributed by atoms with Crippen molar-refractivity contribution in [3.8, 4) is 11.8 Å². The molecule has 0 saturated carbocycles. The predicted octanol–water partition coefficient (Wildman–Crippen LogP) is 3.71. The van der Waals surface area contributed by atoms with Gasteiger partial charge in [-0.15, -0.1) is 0 Å². The molecule has 0 atom stereocenters. The summed E-state index contributed by atoms with van der Waals surface area (Å²) in [6.45, 7) is 3.06. The van der Waals surface area contributed by atoms with E-state index in [1.807, 2.05) is 43.3 Å². The standard InChI is InChI=1S/C17H17BrN2O/c1-12-8-13(10-20)2-3-15(12)11-21-17-5-4-16(18)9-14(17)6-7-19/h2-5,8-9H,6-7,11,19H2,1H3. The maximum Gasteiger partial charge on any atom is 0.123 e. The van der Waals surface area contributed by atoms with Crippen LogP contribution in [0, 0.1) is 18.3 Å². The molecule has 0 aliphatic carbocycles. The topological polar surface area (TPSA) is 59.0 Å². The minimum Gasteiger partial charge on any atom is -0.489 e. The Morgan fingerprint density at radius 2 is 2.00 bits per heavy atom. The molecule has 0 aromatic heterocycles. The van der Waals surface area contributed by atoms with E-state index in [-0.39, 0.29) is 0 Å². The molecule has 2 N–H and O–H groups in total. The van der Waals surface area contributed by atoms with Gasteiger partial charge in [0.1, 0.15) is 12.4 Å². The Hall–Kier alpha value is -1.83. The van der Waals surface area contributed by atoms with Crippen LogP contribution in [0.4, 0.5) is 0 Å². The first-order chi connectivity index (χ1) is 10.1. The molecular formula is C17H17BrN2O. The van der Waals surface area contributed by atoms with E-state index in [1.54, 1.807) is 0 Å². The SMILES string of the molecule is Cc1cc(C#N)ccc1COc1ccc(Br)cc1CCN. The summed E-state index contributed by atoms with van der Waals surface area (Å²) < 4.78 is 6.95. The number of nitriles is 1. The minimum atomic E-state index is 0.483. The van der Waals surface area contributed by atoms with Crippen molar-refractivity contribution in [1.29, 1.82) is 5.26 Å². The summed E-state index contributed by atoms with van der Waals surface area (Å²) in [5, 5.41) is 8.88. The highest BCUT2D eigenvalue weighted by Gasteiger charge is 2.06. The van der Waals surface area contributed by atoms with E-state index in [4.69, 9.17) is 15.7 Å². The summed E-state index contributed by atoms with van der Waals surface area (Å²) in [6, 6.07) is 13.7. The highest BCUT2D eigenvalue weighted by molar-refractivity contribution is 9.10. The molecule has 0 saturated heterocycles. The molecule has 108 valence electrons. The fourth-order valence-corrected chi connectivity index (χ4v) is 2.53. The van der Waals surface area contributed by atoms with Crippen LogP contribution in [0.1, 0.15) is 22.3 Å². The number of hydrogen-bond acceptors (Lipinski definition) is 3. The molecule has 2 aromatic carbocycles. The lowest BCUT2D eigenvalue weighted by Crippen LogP contribution is -2.06. The summed E-state index contributed by atoms with van der Waals surface area (Å²) in [6.07, 6.45) is 0.779. The van der Waals surface area contributed by atoms with Crippen molar-refractivity contribution in [1.82, 2.24) is 0 Å². The van der Waals surface area contributed by atoms with Gasteiger partial charge in [-0.2, -0.15) is 5.26 Å². The summed E-state index contributed by atoms with van der Waals surface area (Å²) >= 11 is 3.46. The Morgan fingerprint density at radius 1 is 1.19 bits per heavy atom. The van der Waals surface area contributed by atoms with Gasteiger partial charge in [0, 0.05) is 4.47 Å². The van der Waals surface area contributed by atoms with Crippen molar-refractivity contribution in [3.63, 3.8) is 0 Å². The van der Waals surface area contributed by atoms with Gasteiger partial charge in [-0.05, 0) is 66.9 Å². The Kier molecular flexibility index (Phi) is 5.38. The zero-order valence-corrected chi connectivity index (χ0v) is 13.5. The van der Waals surface area contributed by atoms with E-state index >= 15 is 0 Å². The highest BCUT2D eigenvalue weighted by Crippen LogP contribution is 2.25. The molecule has 0 aliphatic rings. The fourth-order valence-electron chi connectivity index (χ4n) is 2.12. The van der Waals surface area contributed by atoms with Crippen molar-refractivity contribution in [2.75, 3.05) is 6.54 Å².